The van der Waals surface area contributed by atoms with Gasteiger partial charge in [0.25, 0.3) is 0 Å². The van der Waals surface area contributed by atoms with E-state index in [-0.39, 0.29) is 11.9 Å². The monoisotopic (exact) mass is 339 g/mol. The second kappa shape index (κ2) is 8.99. The normalized spacial score (nSPS) is 11.4. The van der Waals surface area contributed by atoms with Crippen molar-refractivity contribution in [1.29, 1.82) is 5.26 Å². The van der Waals surface area contributed by atoms with E-state index in [1.807, 2.05) is 62.4 Å². The Balaban J connectivity index is 1.92. The van der Waals surface area contributed by atoms with Gasteiger partial charge < -0.3 is 10.6 Å². The van der Waals surface area contributed by atoms with E-state index in [4.69, 9.17) is 5.26 Å². The first kappa shape index (κ1) is 17.9. The highest BCUT2D eigenvalue weighted by molar-refractivity contribution is 7.99. The lowest BCUT2D eigenvalue weighted by Crippen LogP contribution is -2.28. The summed E-state index contributed by atoms with van der Waals surface area (Å²) in [6.45, 7) is 4.39. The van der Waals surface area contributed by atoms with E-state index in [1.54, 1.807) is 11.8 Å². The SMILES string of the molecule is Cc1cccc(CNC(=O)Nc2ccccc2SCC(C)C#N)c1. The van der Waals surface area contributed by atoms with Crippen LogP contribution in [0, 0.1) is 24.2 Å². The summed E-state index contributed by atoms with van der Waals surface area (Å²) in [6.07, 6.45) is 0. The van der Waals surface area contributed by atoms with Crippen LogP contribution in [0.4, 0.5) is 10.5 Å². The molecule has 0 fully saturated rings. The lowest BCUT2D eigenvalue weighted by Gasteiger charge is -2.12. The maximum absolute atomic E-state index is 12.1. The van der Waals surface area contributed by atoms with Gasteiger partial charge in [-0.15, -0.1) is 11.8 Å². The number of amides is 2. The average Bonchev–Trinajstić information content (AvgIpc) is 2.59. The number of hydrogen-bond donors (Lipinski definition) is 2. The summed E-state index contributed by atoms with van der Waals surface area (Å²) < 4.78 is 0. The Hall–Kier alpha value is -2.45. The smallest absolute Gasteiger partial charge is 0.319 e. The van der Waals surface area contributed by atoms with E-state index in [0.717, 1.165) is 16.1 Å². The highest BCUT2D eigenvalue weighted by atomic mass is 32.2. The minimum atomic E-state index is -0.238. The number of thioether (sulfide) groups is 1. The van der Waals surface area contributed by atoms with Crippen LogP contribution >= 0.6 is 11.8 Å². The summed E-state index contributed by atoms with van der Waals surface area (Å²) in [5, 5.41) is 14.6. The van der Waals surface area contributed by atoms with Crippen molar-refractivity contribution in [3.05, 3.63) is 59.7 Å². The Morgan fingerprint density at radius 3 is 2.79 bits per heavy atom. The molecule has 0 aliphatic carbocycles. The molecule has 0 bridgehead atoms. The molecule has 1 unspecified atom stereocenters. The molecule has 0 saturated carbocycles. The Bertz CT molecular complexity index is 739. The Morgan fingerprint density at radius 2 is 2.04 bits per heavy atom. The van der Waals surface area contributed by atoms with E-state index in [2.05, 4.69) is 16.7 Å². The first-order valence-electron chi connectivity index (χ1n) is 7.80. The third-order valence-electron chi connectivity index (χ3n) is 3.38. The summed E-state index contributed by atoms with van der Waals surface area (Å²) in [4.78, 5) is 13.1. The zero-order chi connectivity index (χ0) is 17.4. The van der Waals surface area contributed by atoms with E-state index in [1.165, 1.54) is 5.56 Å². The van der Waals surface area contributed by atoms with Gasteiger partial charge in [-0.1, -0.05) is 42.0 Å². The van der Waals surface area contributed by atoms with Crippen LogP contribution in [0.2, 0.25) is 0 Å². The first-order valence-corrected chi connectivity index (χ1v) is 8.79. The molecule has 0 spiro atoms. The number of anilines is 1. The number of aryl methyl sites for hydroxylation is 1. The number of nitrogens with one attached hydrogen (secondary N) is 2. The van der Waals surface area contributed by atoms with Crippen molar-refractivity contribution in [3.8, 4) is 6.07 Å². The minimum absolute atomic E-state index is 0.0294. The fourth-order valence-corrected chi connectivity index (χ4v) is 3.07. The molecule has 2 aromatic rings. The van der Waals surface area contributed by atoms with Gasteiger partial charge in [0, 0.05) is 17.2 Å². The predicted octanol–water partition coefficient (Wildman–Crippen LogP) is 4.57. The predicted molar refractivity (Wildman–Crippen MR) is 99.0 cm³/mol. The van der Waals surface area contributed by atoms with Crippen LogP contribution in [0.3, 0.4) is 0 Å². The van der Waals surface area contributed by atoms with Gasteiger partial charge in [0.15, 0.2) is 0 Å². The molecule has 124 valence electrons. The van der Waals surface area contributed by atoms with Crippen molar-refractivity contribution in [1.82, 2.24) is 5.32 Å². The lowest BCUT2D eigenvalue weighted by molar-refractivity contribution is 0.251. The zero-order valence-electron chi connectivity index (χ0n) is 13.9. The highest BCUT2D eigenvalue weighted by Gasteiger charge is 2.08. The molecule has 4 nitrogen and oxygen atoms in total. The van der Waals surface area contributed by atoms with Gasteiger partial charge in [-0.05, 0) is 31.5 Å². The highest BCUT2D eigenvalue weighted by Crippen LogP contribution is 2.28. The van der Waals surface area contributed by atoms with Crippen molar-refractivity contribution >= 4 is 23.5 Å². The van der Waals surface area contributed by atoms with Crippen LogP contribution in [-0.2, 0) is 6.54 Å². The van der Waals surface area contributed by atoms with Crippen molar-refractivity contribution in [3.63, 3.8) is 0 Å². The second-order valence-electron chi connectivity index (χ2n) is 5.63. The number of nitriles is 1. The summed E-state index contributed by atoms with van der Waals surface area (Å²) in [6, 6.07) is 17.6. The number of hydrogen-bond acceptors (Lipinski definition) is 3. The molecular weight excluding hydrogens is 318 g/mol. The molecule has 0 saturated heterocycles. The molecule has 24 heavy (non-hydrogen) atoms. The number of para-hydroxylation sites is 1. The average molecular weight is 339 g/mol. The standard InChI is InChI=1S/C19H21N3OS/c1-14-6-5-7-16(10-14)12-21-19(23)22-17-8-3-4-9-18(17)24-13-15(2)11-20/h3-10,15H,12-13H2,1-2H3,(H2,21,22,23). The Kier molecular flexibility index (Phi) is 6.71. The molecule has 0 aliphatic rings. The fraction of sp³-hybridized carbons (Fsp3) is 0.263. The van der Waals surface area contributed by atoms with Crippen LogP contribution in [-0.4, -0.2) is 11.8 Å². The lowest BCUT2D eigenvalue weighted by atomic mass is 10.1. The molecular formula is C19H21N3OS. The fourth-order valence-electron chi connectivity index (χ4n) is 2.12. The molecule has 5 heteroatoms. The van der Waals surface area contributed by atoms with Crippen molar-refractivity contribution < 1.29 is 4.79 Å². The minimum Gasteiger partial charge on any atom is -0.334 e. The van der Waals surface area contributed by atoms with E-state index in [0.29, 0.717) is 12.3 Å². The van der Waals surface area contributed by atoms with Gasteiger partial charge in [-0.25, -0.2) is 4.79 Å². The van der Waals surface area contributed by atoms with Gasteiger partial charge in [0.1, 0.15) is 0 Å². The van der Waals surface area contributed by atoms with E-state index >= 15 is 0 Å². The number of carbonyl (C=O) groups is 1. The van der Waals surface area contributed by atoms with Crippen molar-refractivity contribution in [2.24, 2.45) is 5.92 Å². The molecule has 2 aromatic carbocycles. The van der Waals surface area contributed by atoms with Crippen LogP contribution in [0.1, 0.15) is 18.1 Å². The molecule has 0 aliphatic heterocycles. The largest absolute Gasteiger partial charge is 0.334 e. The van der Waals surface area contributed by atoms with E-state index in [9.17, 15) is 4.79 Å². The first-order chi connectivity index (χ1) is 11.6. The van der Waals surface area contributed by atoms with Crippen LogP contribution in [0.5, 0.6) is 0 Å². The molecule has 0 heterocycles. The number of carbonyl (C=O) groups excluding carboxylic acids is 1. The third kappa shape index (κ3) is 5.64. The van der Waals surface area contributed by atoms with Crippen LogP contribution in [0.25, 0.3) is 0 Å². The number of benzene rings is 2. The van der Waals surface area contributed by atoms with Gasteiger partial charge >= 0.3 is 6.03 Å². The van der Waals surface area contributed by atoms with Gasteiger partial charge in [0.2, 0.25) is 0 Å². The van der Waals surface area contributed by atoms with Crippen molar-refractivity contribution in [2.45, 2.75) is 25.3 Å². The Morgan fingerprint density at radius 1 is 1.25 bits per heavy atom. The molecule has 2 rings (SSSR count). The summed E-state index contributed by atoms with van der Waals surface area (Å²) >= 11 is 1.57. The van der Waals surface area contributed by atoms with Crippen molar-refractivity contribution in [2.75, 3.05) is 11.1 Å². The van der Waals surface area contributed by atoms with E-state index < -0.39 is 0 Å². The molecule has 2 amide bonds. The molecule has 0 aromatic heterocycles. The van der Waals surface area contributed by atoms with Crippen LogP contribution < -0.4 is 10.6 Å². The zero-order valence-corrected chi connectivity index (χ0v) is 14.7. The summed E-state index contributed by atoms with van der Waals surface area (Å²) in [5.41, 5.74) is 2.99. The topological polar surface area (TPSA) is 64.9 Å². The molecule has 0 radical (unpaired) electrons. The second-order valence-corrected chi connectivity index (χ2v) is 6.70. The molecule has 2 N–H and O–H groups in total. The number of nitrogens with zero attached hydrogens (tertiary/aromatic N) is 1. The summed E-state index contributed by atoms with van der Waals surface area (Å²) in [5.74, 6) is 0.665. The number of rotatable bonds is 6. The third-order valence-corrected chi connectivity index (χ3v) is 4.71. The Labute approximate surface area is 147 Å². The summed E-state index contributed by atoms with van der Waals surface area (Å²) in [7, 11) is 0. The van der Waals surface area contributed by atoms with Gasteiger partial charge in [0.05, 0.1) is 17.7 Å². The van der Waals surface area contributed by atoms with Gasteiger partial charge in [-0.2, -0.15) is 5.26 Å². The quantitative estimate of drug-likeness (QED) is 0.758. The van der Waals surface area contributed by atoms with Gasteiger partial charge in [-0.3, -0.25) is 0 Å². The number of urea groups is 1. The maximum atomic E-state index is 12.1. The molecule has 1 atom stereocenters. The van der Waals surface area contributed by atoms with Crippen LogP contribution in [0.15, 0.2) is 53.4 Å². The maximum Gasteiger partial charge on any atom is 0.319 e.